The predicted molar refractivity (Wildman–Crippen MR) is 68.1 cm³/mol. The Morgan fingerprint density at radius 2 is 2.19 bits per heavy atom. The molecule has 3 heteroatoms. The van der Waals surface area contributed by atoms with Gasteiger partial charge in [0.25, 0.3) is 0 Å². The quantitative estimate of drug-likeness (QED) is 0.802. The van der Waals surface area contributed by atoms with Crippen LogP contribution in [0.2, 0.25) is 0 Å². The molecule has 1 aromatic carbocycles. The number of hydrogen-bond acceptors (Lipinski definition) is 3. The summed E-state index contributed by atoms with van der Waals surface area (Å²) in [5.41, 5.74) is 5.27. The Labute approximate surface area is 99.9 Å². The van der Waals surface area contributed by atoms with Gasteiger partial charge in [0, 0.05) is 10.9 Å². The third-order valence-corrected chi connectivity index (χ3v) is 3.05. The van der Waals surface area contributed by atoms with Crippen LogP contribution in [0.3, 0.4) is 0 Å². The number of aryl methyl sites for hydroxylation is 1. The van der Waals surface area contributed by atoms with E-state index in [1.807, 2.05) is 18.5 Å². The fraction of sp³-hybridized carbons (Fsp3) is 0.308. The van der Waals surface area contributed by atoms with E-state index in [9.17, 15) is 0 Å². The highest BCUT2D eigenvalue weighted by molar-refractivity contribution is 7.07. The van der Waals surface area contributed by atoms with Crippen LogP contribution in [-0.2, 0) is 6.42 Å². The molecular weight excluding hydrogens is 218 g/mol. The molecule has 2 rings (SSSR count). The summed E-state index contributed by atoms with van der Waals surface area (Å²) in [5.74, 6) is 0.922. The summed E-state index contributed by atoms with van der Waals surface area (Å²) in [6.45, 7) is 4.83. The Bertz CT molecular complexity index is 451. The molecule has 0 saturated carbocycles. The van der Waals surface area contributed by atoms with Gasteiger partial charge in [-0.05, 0) is 31.0 Å². The highest BCUT2D eigenvalue weighted by Crippen LogP contribution is 2.30. The van der Waals surface area contributed by atoms with Crippen molar-refractivity contribution in [1.82, 2.24) is 4.98 Å². The lowest BCUT2D eigenvalue weighted by molar-refractivity contribution is 0.341. The van der Waals surface area contributed by atoms with Crippen molar-refractivity contribution >= 4 is 11.3 Å². The van der Waals surface area contributed by atoms with E-state index in [1.165, 1.54) is 5.56 Å². The lowest BCUT2D eigenvalue weighted by Gasteiger charge is -2.09. The first-order valence-electron chi connectivity index (χ1n) is 5.49. The van der Waals surface area contributed by atoms with Gasteiger partial charge in [-0.1, -0.05) is 13.0 Å². The number of hydrogen-bond donors (Lipinski definition) is 0. The zero-order chi connectivity index (χ0) is 11.4. The summed E-state index contributed by atoms with van der Waals surface area (Å²) in [7, 11) is 0. The number of thiazole rings is 1. The standard InChI is InChI=1S/C13H15NOS/c1-3-10-5-6-13(15-4-2)11(7-10)12-8-16-9-14-12/h5-9H,3-4H2,1-2H3. The van der Waals surface area contributed by atoms with Crippen molar-refractivity contribution in [2.75, 3.05) is 6.61 Å². The maximum Gasteiger partial charge on any atom is 0.128 e. The van der Waals surface area contributed by atoms with Crippen molar-refractivity contribution in [1.29, 1.82) is 0 Å². The molecule has 0 aliphatic heterocycles. The fourth-order valence-corrected chi connectivity index (χ4v) is 2.18. The van der Waals surface area contributed by atoms with Crippen molar-refractivity contribution in [2.45, 2.75) is 20.3 Å². The van der Waals surface area contributed by atoms with Gasteiger partial charge in [0.1, 0.15) is 5.75 Å². The second-order valence-electron chi connectivity index (χ2n) is 3.49. The second kappa shape index (κ2) is 5.12. The van der Waals surface area contributed by atoms with Crippen LogP contribution >= 0.6 is 11.3 Å². The topological polar surface area (TPSA) is 22.1 Å². The Morgan fingerprint density at radius 1 is 1.31 bits per heavy atom. The van der Waals surface area contributed by atoms with E-state index >= 15 is 0 Å². The zero-order valence-corrected chi connectivity index (χ0v) is 10.4. The minimum Gasteiger partial charge on any atom is -0.493 e. The highest BCUT2D eigenvalue weighted by atomic mass is 32.1. The van der Waals surface area contributed by atoms with Crippen LogP contribution in [0, 0.1) is 0 Å². The first-order valence-corrected chi connectivity index (χ1v) is 6.43. The van der Waals surface area contributed by atoms with Gasteiger partial charge in [-0.15, -0.1) is 11.3 Å². The third kappa shape index (κ3) is 2.25. The van der Waals surface area contributed by atoms with Crippen LogP contribution in [0.4, 0.5) is 0 Å². The maximum absolute atomic E-state index is 5.62. The van der Waals surface area contributed by atoms with Gasteiger partial charge in [-0.25, -0.2) is 4.98 Å². The lowest BCUT2D eigenvalue weighted by Crippen LogP contribution is -1.95. The van der Waals surface area contributed by atoms with Gasteiger partial charge in [-0.2, -0.15) is 0 Å². The van der Waals surface area contributed by atoms with Crippen LogP contribution in [0.15, 0.2) is 29.1 Å². The van der Waals surface area contributed by atoms with Gasteiger partial charge in [0.15, 0.2) is 0 Å². The molecule has 0 aliphatic rings. The zero-order valence-electron chi connectivity index (χ0n) is 9.56. The molecule has 0 amide bonds. The van der Waals surface area contributed by atoms with E-state index in [-0.39, 0.29) is 0 Å². The Balaban J connectivity index is 2.46. The minimum absolute atomic E-state index is 0.683. The first-order chi connectivity index (χ1) is 7.85. The van der Waals surface area contributed by atoms with E-state index in [0.717, 1.165) is 23.4 Å². The summed E-state index contributed by atoms with van der Waals surface area (Å²) < 4.78 is 5.62. The van der Waals surface area contributed by atoms with Crippen LogP contribution in [0.25, 0.3) is 11.3 Å². The van der Waals surface area contributed by atoms with E-state index < -0.39 is 0 Å². The molecule has 0 fully saturated rings. The van der Waals surface area contributed by atoms with Crippen molar-refractivity contribution in [3.8, 4) is 17.0 Å². The first kappa shape index (κ1) is 11.1. The molecule has 0 unspecified atom stereocenters. The van der Waals surface area contributed by atoms with Gasteiger partial charge < -0.3 is 4.74 Å². The summed E-state index contributed by atoms with van der Waals surface area (Å²) in [6, 6.07) is 6.32. The number of nitrogens with zero attached hydrogens (tertiary/aromatic N) is 1. The van der Waals surface area contributed by atoms with Crippen LogP contribution in [0.5, 0.6) is 5.75 Å². The molecular formula is C13H15NOS. The molecule has 1 heterocycles. The molecule has 16 heavy (non-hydrogen) atoms. The van der Waals surface area contributed by atoms with Crippen molar-refractivity contribution in [3.63, 3.8) is 0 Å². The van der Waals surface area contributed by atoms with Gasteiger partial charge in [-0.3, -0.25) is 0 Å². The molecule has 84 valence electrons. The second-order valence-corrected chi connectivity index (χ2v) is 4.21. The van der Waals surface area contributed by atoms with Gasteiger partial charge >= 0.3 is 0 Å². The maximum atomic E-state index is 5.62. The van der Waals surface area contributed by atoms with Gasteiger partial charge in [0.2, 0.25) is 0 Å². The molecule has 1 aromatic heterocycles. The van der Waals surface area contributed by atoms with Crippen LogP contribution in [0.1, 0.15) is 19.4 Å². The summed E-state index contributed by atoms with van der Waals surface area (Å²) >= 11 is 1.61. The molecule has 0 aliphatic carbocycles. The normalized spacial score (nSPS) is 10.4. The number of rotatable bonds is 4. The summed E-state index contributed by atoms with van der Waals surface area (Å²) in [6.07, 6.45) is 1.03. The van der Waals surface area contributed by atoms with Crippen LogP contribution < -0.4 is 4.74 Å². The van der Waals surface area contributed by atoms with E-state index in [1.54, 1.807) is 11.3 Å². The van der Waals surface area contributed by atoms with Crippen molar-refractivity contribution in [3.05, 3.63) is 34.7 Å². The average Bonchev–Trinajstić information content (AvgIpc) is 2.83. The smallest absolute Gasteiger partial charge is 0.128 e. The molecule has 2 nitrogen and oxygen atoms in total. The summed E-state index contributed by atoms with van der Waals surface area (Å²) in [5, 5.41) is 2.05. The number of ether oxygens (including phenoxy) is 1. The number of aromatic nitrogens is 1. The minimum atomic E-state index is 0.683. The number of benzene rings is 1. The highest BCUT2D eigenvalue weighted by Gasteiger charge is 2.08. The monoisotopic (exact) mass is 233 g/mol. The lowest BCUT2D eigenvalue weighted by atomic mass is 10.1. The molecule has 0 saturated heterocycles. The molecule has 0 spiro atoms. The molecule has 0 bridgehead atoms. The molecule has 2 aromatic rings. The molecule has 0 N–H and O–H groups in total. The summed E-state index contributed by atoms with van der Waals surface area (Å²) in [4.78, 5) is 4.34. The van der Waals surface area contributed by atoms with E-state index in [4.69, 9.17) is 4.74 Å². The predicted octanol–water partition coefficient (Wildman–Crippen LogP) is 3.77. The van der Waals surface area contributed by atoms with Gasteiger partial charge in [0.05, 0.1) is 17.8 Å². The van der Waals surface area contributed by atoms with Crippen molar-refractivity contribution in [2.24, 2.45) is 0 Å². The molecule has 0 radical (unpaired) electrons. The largest absolute Gasteiger partial charge is 0.493 e. The van der Waals surface area contributed by atoms with Crippen molar-refractivity contribution < 1.29 is 4.74 Å². The van der Waals surface area contributed by atoms with E-state index in [0.29, 0.717) is 6.61 Å². The van der Waals surface area contributed by atoms with Crippen LogP contribution in [-0.4, -0.2) is 11.6 Å². The molecule has 0 atom stereocenters. The SMILES string of the molecule is CCOc1ccc(CC)cc1-c1cscn1. The fourth-order valence-electron chi connectivity index (χ4n) is 1.62. The van der Waals surface area contributed by atoms with E-state index in [2.05, 4.69) is 29.4 Å². The Kier molecular flexibility index (Phi) is 3.57. The Hall–Kier alpha value is -1.35. The Morgan fingerprint density at radius 3 is 2.81 bits per heavy atom. The average molecular weight is 233 g/mol. The third-order valence-electron chi connectivity index (χ3n) is 2.46.